The molecule has 0 saturated carbocycles. The van der Waals surface area contributed by atoms with Gasteiger partial charge in [-0.3, -0.25) is 4.79 Å². The maximum atomic E-state index is 12.2. The van der Waals surface area contributed by atoms with Crippen LogP contribution in [0.5, 0.6) is 0 Å². The molecular weight excluding hydrogens is 396 g/mol. The summed E-state index contributed by atoms with van der Waals surface area (Å²) in [5.41, 5.74) is 2.59. The predicted octanol–water partition coefficient (Wildman–Crippen LogP) is 4.22. The van der Waals surface area contributed by atoms with Crippen molar-refractivity contribution < 1.29 is 9.21 Å². The number of fused-ring (bicyclic) bond motifs is 1. The number of carbonyl (C=O) groups is 1. The molecule has 0 fully saturated rings. The molecule has 0 saturated heterocycles. The first kappa shape index (κ1) is 20.7. The molecule has 1 N–H and O–H groups in total. The lowest BCUT2D eigenvalue weighted by atomic mass is 10.0. The van der Waals surface area contributed by atoms with Gasteiger partial charge in [0.25, 0.3) is 0 Å². The van der Waals surface area contributed by atoms with E-state index in [2.05, 4.69) is 44.8 Å². The Labute approximate surface area is 181 Å². The number of aromatic nitrogens is 3. The lowest BCUT2D eigenvalue weighted by molar-refractivity contribution is -0.121. The Morgan fingerprint density at radius 1 is 1.00 bits per heavy atom. The molecule has 3 aromatic rings. The molecule has 158 valence electrons. The first-order valence-corrected chi connectivity index (χ1v) is 11.7. The van der Waals surface area contributed by atoms with Crippen LogP contribution >= 0.6 is 11.3 Å². The number of unbranched alkanes of at least 4 members (excludes halogenated alkanes) is 1. The highest BCUT2D eigenvalue weighted by atomic mass is 32.1. The Hall–Kier alpha value is -2.54. The molecule has 1 aromatic carbocycles. The summed E-state index contributed by atoms with van der Waals surface area (Å²) >= 11 is 1.74. The van der Waals surface area contributed by atoms with E-state index in [4.69, 9.17) is 4.42 Å². The van der Waals surface area contributed by atoms with E-state index >= 15 is 0 Å². The maximum absolute atomic E-state index is 12.2. The summed E-state index contributed by atoms with van der Waals surface area (Å²) in [5, 5.41) is 12.2. The van der Waals surface area contributed by atoms with Gasteiger partial charge in [0, 0.05) is 24.1 Å². The van der Waals surface area contributed by atoms with E-state index in [9.17, 15) is 4.79 Å². The predicted molar refractivity (Wildman–Crippen MR) is 116 cm³/mol. The molecule has 7 heteroatoms. The Balaban J connectivity index is 1.13. The molecule has 0 unspecified atom stereocenters. The number of thiazole rings is 1. The van der Waals surface area contributed by atoms with Crippen molar-refractivity contribution in [1.29, 1.82) is 0 Å². The molecule has 4 rings (SSSR count). The third-order valence-corrected chi connectivity index (χ3v) is 6.51. The van der Waals surface area contributed by atoms with Crippen LogP contribution in [0.3, 0.4) is 0 Å². The number of amides is 1. The van der Waals surface area contributed by atoms with Crippen molar-refractivity contribution >= 4 is 17.2 Å². The summed E-state index contributed by atoms with van der Waals surface area (Å²) in [7, 11) is 0. The number of nitrogens with one attached hydrogen (secondary N) is 1. The van der Waals surface area contributed by atoms with Crippen molar-refractivity contribution in [2.24, 2.45) is 0 Å². The van der Waals surface area contributed by atoms with Gasteiger partial charge in [-0.15, -0.1) is 21.5 Å². The fraction of sp³-hybridized carbons (Fsp3) is 0.478. The first-order chi connectivity index (χ1) is 14.8. The van der Waals surface area contributed by atoms with E-state index in [1.54, 1.807) is 11.3 Å². The minimum atomic E-state index is -0.00853. The average Bonchev–Trinajstić information content (AvgIpc) is 3.41. The standard InChI is InChI=1S/C23H28N4O2S/c28-20(24-16-23-25-18-11-5-6-12-19(18)30-23)14-15-22-27-26-21(29-22)13-7-4-10-17-8-2-1-3-9-17/h1-3,8-9H,4-7,10-16H2,(H,24,28). The van der Waals surface area contributed by atoms with Gasteiger partial charge in [-0.05, 0) is 50.5 Å². The monoisotopic (exact) mass is 424 g/mol. The summed E-state index contributed by atoms with van der Waals surface area (Å²) < 4.78 is 5.69. The van der Waals surface area contributed by atoms with Gasteiger partial charge in [0.15, 0.2) is 0 Å². The molecule has 0 radical (unpaired) electrons. The number of hydrogen-bond donors (Lipinski definition) is 1. The van der Waals surface area contributed by atoms with Crippen LogP contribution in [0.1, 0.15) is 65.0 Å². The van der Waals surface area contributed by atoms with Gasteiger partial charge in [0.2, 0.25) is 17.7 Å². The van der Waals surface area contributed by atoms with E-state index in [1.807, 2.05) is 6.07 Å². The van der Waals surface area contributed by atoms with Crippen molar-refractivity contribution in [2.45, 2.75) is 70.8 Å². The SMILES string of the molecule is O=C(CCc1nnc(CCCCc2ccccc2)o1)NCc1nc2c(s1)CCCC2. The second-order valence-electron chi connectivity index (χ2n) is 7.74. The molecule has 2 aromatic heterocycles. The quantitative estimate of drug-likeness (QED) is 0.493. The number of aryl methyl sites for hydroxylation is 5. The lowest BCUT2D eigenvalue weighted by Crippen LogP contribution is -2.23. The maximum Gasteiger partial charge on any atom is 0.220 e. The summed E-state index contributed by atoms with van der Waals surface area (Å²) in [6, 6.07) is 10.5. The number of rotatable bonds is 10. The van der Waals surface area contributed by atoms with Crippen LogP contribution in [0.2, 0.25) is 0 Å². The molecule has 2 heterocycles. The van der Waals surface area contributed by atoms with Gasteiger partial charge >= 0.3 is 0 Å². The Morgan fingerprint density at radius 3 is 2.60 bits per heavy atom. The van der Waals surface area contributed by atoms with E-state index in [-0.39, 0.29) is 5.91 Å². The number of benzene rings is 1. The summed E-state index contributed by atoms with van der Waals surface area (Å²) in [6.07, 6.45) is 9.43. The normalized spacial score (nSPS) is 13.2. The first-order valence-electron chi connectivity index (χ1n) is 10.9. The van der Waals surface area contributed by atoms with Crippen LogP contribution in [0.15, 0.2) is 34.7 Å². The largest absolute Gasteiger partial charge is 0.425 e. The van der Waals surface area contributed by atoms with Crippen LogP contribution in [-0.4, -0.2) is 21.1 Å². The van der Waals surface area contributed by atoms with Crippen LogP contribution < -0.4 is 5.32 Å². The third-order valence-electron chi connectivity index (χ3n) is 5.35. The highest BCUT2D eigenvalue weighted by Gasteiger charge is 2.15. The molecule has 1 aliphatic carbocycles. The Bertz CT molecular complexity index is 928. The van der Waals surface area contributed by atoms with E-state index in [1.165, 1.54) is 29.0 Å². The van der Waals surface area contributed by atoms with E-state index in [0.29, 0.717) is 31.2 Å². The lowest BCUT2D eigenvalue weighted by Gasteiger charge is -2.06. The van der Waals surface area contributed by atoms with Gasteiger partial charge in [0.05, 0.1) is 12.2 Å². The van der Waals surface area contributed by atoms with Crippen molar-refractivity contribution in [2.75, 3.05) is 0 Å². The molecule has 1 aliphatic rings. The zero-order valence-electron chi connectivity index (χ0n) is 17.2. The molecule has 0 bridgehead atoms. The smallest absolute Gasteiger partial charge is 0.220 e. The van der Waals surface area contributed by atoms with Gasteiger partial charge < -0.3 is 9.73 Å². The van der Waals surface area contributed by atoms with E-state index in [0.717, 1.165) is 43.5 Å². The van der Waals surface area contributed by atoms with Gasteiger partial charge in [0.1, 0.15) is 5.01 Å². The third kappa shape index (κ3) is 5.98. The zero-order chi connectivity index (χ0) is 20.6. The van der Waals surface area contributed by atoms with Gasteiger partial charge in [-0.2, -0.15) is 0 Å². The molecule has 30 heavy (non-hydrogen) atoms. The van der Waals surface area contributed by atoms with Crippen molar-refractivity contribution in [3.8, 4) is 0 Å². The molecule has 0 spiro atoms. The van der Waals surface area contributed by atoms with Gasteiger partial charge in [-0.1, -0.05) is 30.3 Å². The van der Waals surface area contributed by atoms with Gasteiger partial charge in [-0.25, -0.2) is 4.98 Å². The van der Waals surface area contributed by atoms with Crippen molar-refractivity contribution in [3.63, 3.8) is 0 Å². The van der Waals surface area contributed by atoms with Crippen LogP contribution in [0.25, 0.3) is 0 Å². The molecule has 1 amide bonds. The molecular formula is C23H28N4O2S. The van der Waals surface area contributed by atoms with E-state index < -0.39 is 0 Å². The average molecular weight is 425 g/mol. The zero-order valence-corrected chi connectivity index (χ0v) is 18.0. The molecule has 6 nitrogen and oxygen atoms in total. The molecule has 0 atom stereocenters. The van der Waals surface area contributed by atoms with Crippen LogP contribution in [0.4, 0.5) is 0 Å². The second-order valence-corrected chi connectivity index (χ2v) is 8.91. The van der Waals surface area contributed by atoms with Crippen LogP contribution in [-0.2, 0) is 43.4 Å². The summed E-state index contributed by atoms with van der Waals surface area (Å²) in [4.78, 5) is 18.2. The summed E-state index contributed by atoms with van der Waals surface area (Å²) in [6.45, 7) is 0.507. The Morgan fingerprint density at radius 2 is 1.77 bits per heavy atom. The summed E-state index contributed by atoms with van der Waals surface area (Å²) in [5.74, 6) is 1.19. The van der Waals surface area contributed by atoms with Crippen molar-refractivity contribution in [3.05, 3.63) is 63.3 Å². The fourth-order valence-corrected chi connectivity index (χ4v) is 4.80. The number of carbonyl (C=O) groups excluding carboxylic acids is 1. The number of nitrogens with zero attached hydrogens (tertiary/aromatic N) is 3. The minimum Gasteiger partial charge on any atom is -0.425 e. The molecule has 0 aliphatic heterocycles. The van der Waals surface area contributed by atoms with Crippen molar-refractivity contribution in [1.82, 2.24) is 20.5 Å². The topological polar surface area (TPSA) is 80.9 Å². The highest BCUT2D eigenvalue weighted by Crippen LogP contribution is 2.26. The highest BCUT2D eigenvalue weighted by molar-refractivity contribution is 7.11. The number of hydrogen-bond acceptors (Lipinski definition) is 6. The minimum absolute atomic E-state index is 0.00853. The Kier molecular flexibility index (Phi) is 7.24. The van der Waals surface area contributed by atoms with Crippen LogP contribution in [0, 0.1) is 0 Å². The fourth-order valence-electron chi connectivity index (χ4n) is 3.70. The second kappa shape index (κ2) is 10.5.